The van der Waals surface area contributed by atoms with E-state index in [0.717, 1.165) is 20.5 Å². The molecule has 4 heterocycles. The maximum atomic E-state index is 12.5. The van der Waals surface area contributed by atoms with Crippen LogP contribution in [0.15, 0.2) is 23.2 Å². The van der Waals surface area contributed by atoms with Crippen LogP contribution in [0.25, 0.3) is 10.4 Å². The van der Waals surface area contributed by atoms with Crippen molar-refractivity contribution in [1.29, 1.82) is 0 Å². The highest BCUT2D eigenvalue weighted by Gasteiger charge is 2.57. The van der Waals surface area contributed by atoms with Gasteiger partial charge in [0.15, 0.2) is 8.32 Å². The van der Waals surface area contributed by atoms with E-state index in [1.54, 1.807) is 25.0 Å². The number of carbonyl (C=O) groups is 2. The predicted molar refractivity (Wildman–Crippen MR) is 132 cm³/mol. The van der Waals surface area contributed by atoms with E-state index in [4.69, 9.17) is 4.43 Å². The van der Waals surface area contributed by atoms with E-state index >= 15 is 0 Å². The van der Waals surface area contributed by atoms with Gasteiger partial charge in [-0.3, -0.25) is 9.20 Å². The van der Waals surface area contributed by atoms with Gasteiger partial charge in [0.25, 0.3) is 0 Å². The van der Waals surface area contributed by atoms with E-state index in [1.807, 2.05) is 10.6 Å². The average Bonchev–Trinajstić information content (AvgIpc) is 3.35. The molecule has 2 N–H and O–H groups in total. The smallest absolute Gasteiger partial charge is 0.352 e. The van der Waals surface area contributed by atoms with Crippen LogP contribution in [0.2, 0.25) is 18.1 Å². The monoisotopic (exact) mass is 509 g/mol. The molecular weight excluding hydrogens is 478 g/mol. The third kappa shape index (κ3) is 4.18. The molecule has 1 fully saturated rings. The van der Waals surface area contributed by atoms with Gasteiger partial charge in [0.2, 0.25) is 5.91 Å². The summed E-state index contributed by atoms with van der Waals surface area (Å²) in [6.45, 7) is 13.4. The molecule has 2 aromatic rings. The summed E-state index contributed by atoms with van der Waals surface area (Å²) in [4.78, 5) is 32.1. The number of aliphatic carboxylic acids is 1. The molecule has 8 nitrogen and oxygen atoms in total. The third-order valence-electron chi connectivity index (χ3n) is 7.00. The molecule has 2 aromatic heterocycles. The van der Waals surface area contributed by atoms with Crippen molar-refractivity contribution in [2.75, 3.05) is 12.4 Å². The minimum atomic E-state index is -1.79. The molecule has 0 radical (unpaired) electrons. The van der Waals surface area contributed by atoms with E-state index in [1.165, 1.54) is 16.2 Å². The summed E-state index contributed by atoms with van der Waals surface area (Å²) in [5, 5.41) is 20.8. The van der Waals surface area contributed by atoms with E-state index in [0.29, 0.717) is 18.6 Å². The van der Waals surface area contributed by atoms with Gasteiger partial charge in [0.05, 0.1) is 22.9 Å². The zero-order valence-electron chi connectivity index (χ0n) is 19.8. The van der Waals surface area contributed by atoms with Gasteiger partial charge in [0.1, 0.15) is 21.9 Å². The fraction of sp³-hybridized carbons (Fsp3) is 0.591. The van der Waals surface area contributed by atoms with Crippen molar-refractivity contribution in [2.24, 2.45) is 5.92 Å². The number of β-lactam (4-membered cyclic amide) rings is 1. The number of aromatic nitrogens is 2. The fourth-order valence-corrected chi connectivity index (χ4v) is 7.39. The van der Waals surface area contributed by atoms with Gasteiger partial charge in [-0.1, -0.05) is 20.8 Å². The Kier molecular flexibility index (Phi) is 6.32. The number of hydrogen-bond acceptors (Lipinski definition) is 7. The number of carboxylic acids is 1. The highest BCUT2D eigenvalue weighted by atomic mass is 32.2. The number of thiazole rings is 1. The quantitative estimate of drug-likeness (QED) is 0.241. The van der Waals surface area contributed by atoms with Crippen molar-refractivity contribution in [3.05, 3.63) is 23.1 Å². The van der Waals surface area contributed by atoms with Crippen LogP contribution in [-0.4, -0.2) is 69.2 Å². The zero-order chi connectivity index (χ0) is 24.3. The van der Waals surface area contributed by atoms with Crippen LogP contribution in [0.4, 0.5) is 0 Å². The number of aliphatic hydroxyl groups excluding tert-OH is 1. The van der Waals surface area contributed by atoms with Gasteiger partial charge in [-0.2, -0.15) is 0 Å². The molecule has 0 bridgehead atoms. The minimum absolute atomic E-state index is 0.0383. The van der Waals surface area contributed by atoms with Crippen LogP contribution in [0.3, 0.4) is 0 Å². The SMILES string of the molecule is C[C@@H](O)[C@H]1C(=O)N2C(C(=O)O)=C(c3cn4cnc(SCCO[Si](C)(C)C(C)(C)C)c4s3)C[C@H]12. The van der Waals surface area contributed by atoms with Crippen molar-refractivity contribution >= 4 is 53.7 Å². The van der Waals surface area contributed by atoms with Crippen LogP contribution in [0, 0.1) is 5.92 Å². The Morgan fingerprint density at radius 3 is 2.73 bits per heavy atom. The lowest BCUT2D eigenvalue weighted by Gasteiger charge is -2.44. The Bertz CT molecular complexity index is 1130. The first-order valence-electron chi connectivity index (χ1n) is 11.0. The zero-order valence-corrected chi connectivity index (χ0v) is 22.4. The van der Waals surface area contributed by atoms with Gasteiger partial charge in [-0.15, -0.1) is 23.1 Å². The molecule has 0 spiro atoms. The lowest BCUT2D eigenvalue weighted by atomic mass is 9.83. The summed E-state index contributed by atoms with van der Waals surface area (Å²) in [5.41, 5.74) is 0.686. The van der Waals surface area contributed by atoms with Gasteiger partial charge >= 0.3 is 5.97 Å². The predicted octanol–water partition coefficient (Wildman–Crippen LogP) is 3.92. The first-order valence-corrected chi connectivity index (χ1v) is 15.8. The van der Waals surface area contributed by atoms with Crippen molar-refractivity contribution in [3.8, 4) is 0 Å². The van der Waals surface area contributed by atoms with E-state index in [2.05, 4.69) is 38.8 Å². The number of imidazole rings is 1. The molecule has 180 valence electrons. The van der Waals surface area contributed by atoms with Gasteiger partial charge < -0.3 is 19.5 Å². The standard InChI is InChI=1S/C22H31N3O5S2Si/c1-12(26)16-14-9-13(17(21(28)29)25(14)19(16)27)15-10-24-11-23-18(20(24)32-15)31-8-7-30-33(5,6)22(2,3)4/h10-12,14,16,26H,7-9H2,1-6H3,(H,28,29)/t12-,14-,16-/m1/s1. The maximum absolute atomic E-state index is 12.5. The molecular formula is C22H31N3O5S2Si. The third-order valence-corrected chi connectivity index (χ3v) is 13.8. The molecule has 0 unspecified atom stereocenters. The van der Waals surface area contributed by atoms with Crippen LogP contribution in [-0.2, 0) is 14.0 Å². The summed E-state index contributed by atoms with van der Waals surface area (Å²) >= 11 is 3.12. The average molecular weight is 510 g/mol. The number of rotatable bonds is 8. The summed E-state index contributed by atoms with van der Waals surface area (Å²) in [5.74, 6) is -1.18. The Hall–Kier alpha value is -1.66. The van der Waals surface area contributed by atoms with Crippen LogP contribution >= 0.6 is 23.1 Å². The molecule has 0 saturated carbocycles. The maximum Gasteiger partial charge on any atom is 0.352 e. The van der Waals surface area contributed by atoms with Crippen molar-refractivity contribution in [3.63, 3.8) is 0 Å². The summed E-state index contributed by atoms with van der Waals surface area (Å²) in [6.07, 6.45) is 3.26. The van der Waals surface area contributed by atoms with E-state index in [-0.39, 0.29) is 22.7 Å². The fourth-order valence-electron chi connectivity index (χ4n) is 4.16. The number of aliphatic hydroxyl groups is 1. The summed E-state index contributed by atoms with van der Waals surface area (Å²) < 4.78 is 8.17. The Labute approximate surface area is 202 Å². The second-order valence-corrected chi connectivity index (χ2v) is 17.1. The summed E-state index contributed by atoms with van der Waals surface area (Å²) in [7, 11) is -1.79. The normalized spacial score (nSPS) is 22.2. The molecule has 0 aliphatic carbocycles. The molecule has 33 heavy (non-hydrogen) atoms. The van der Waals surface area contributed by atoms with Crippen molar-refractivity contribution < 1.29 is 24.2 Å². The number of hydrogen-bond donors (Lipinski definition) is 2. The summed E-state index contributed by atoms with van der Waals surface area (Å²) in [6, 6.07) is -0.292. The largest absolute Gasteiger partial charge is 0.477 e. The van der Waals surface area contributed by atoms with Gasteiger partial charge in [-0.05, 0) is 31.5 Å². The van der Waals surface area contributed by atoms with Crippen LogP contribution in [0.5, 0.6) is 0 Å². The topological polar surface area (TPSA) is 104 Å². The second kappa shape index (κ2) is 8.53. The molecule has 1 amide bonds. The Morgan fingerprint density at radius 2 is 2.12 bits per heavy atom. The van der Waals surface area contributed by atoms with Crippen LogP contribution < -0.4 is 0 Å². The molecule has 11 heteroatoms. The Morgan fingerprint density at radius 1 is 1.42 bits per heavy atom. The number of fused-ring (bicyclic) bond motifs is 2. The van der Waals surface area contributed by atoms with E-state index < -0.39 is 26.3 Å². The lowest BCUT2D eigenvalue weighted by molar-refractivity contribution is -0.161. The van der Waals surface area contributed by atoms with Gasteiger partial charge in [0, 0.05) is 24.1 Å². The molecule has 2 aliphatic heterocycles. The molecule has 0 aromatic carbocycles. The molecule has 3 atom stereocenters. The number of carboxylic acid groups (broad SMARTS) is 1. The van der Waals surface area contributed by atoms with E-state index in [9.17, 15) is 19.8 Å². The highest BCUT2D eigenvalue weighted by molar-refractivity contribution is 7.99. The first-order chi connectivity index (χ1) is 15.3. The first kappa shape index (κ1) is 24.5. The molecule has 4 rings (SSSR count). The number of amides is 1. The number of nitrogens with zero attached hydrogens (tertiary/aromatic N) is 3. The van der Waals surface area contributed by atoms with Crippen LogP contribution in [0.1, 0.15) is 39.0 Å². The highest BCUT2D eigenvalue weighted by Crippen LogP contribution is 2.48. The van der Waals surface area contributed by atoms with Crippen molar-refractivity contribution in [1.82, 2.24) is 14.3 Å². The number of carbonyl (C=O) groups excluding carboxylic acids is 1. The van der Waals surface area contributed by atoms with Crippen molar-refractivity contribution in [2.45, 2.75) is 69.4 Å². The Balaban J connectivity index is 1.51. The van der Waals surface area contributed by atoms with Gasteiger partial charge in [-0.25, -0.2) is 9.78 Å². The second-order valence-electron chi connectivity index (χ2n) is 10.2. The lowest BCUT2D eigenvalue weighted by Crippen LogP contribution is -2.61. The molecule has 1 saturated heterocycles. The minimum Gasteiger partial charge on any atom is -0.477 e. The molecule has 2 aliphatic rings. The number of thioether (sulfide) groups is 1.